The van der Waals surface area contributed by atoms with Crippen molar-refractivity contribution >= 4 is 58.2 Å². The normalized spacial score (nSPS) is 20.8. The highest BCUT2D eigenvalue weighted by Crippen LogP contribution is 2.59. The van der Waals surface area contributed by atoms with Gasteiger partial charge in [0.15, 0.2) is 0 Å². The molecule has 15 nitrogen and oxygen atoms in total. The van der Waals surface area contributed by atoms with Crippen LogP contribution in [-0.2, 0) is 39.9 Å². The van der Waals surface area contributed by atoms with E-state index in [1.807, 2.05) is 88.9 Å². The number of esters is 1. The highest BCUT2D eigenvalue weighted by molar-refractivity contribution is 7.13. The number of nitrogens with zero attached hydrogens (tertiary/aromatic N) is 4. The van der Waals surface area contributed by atoms with Crippen LogP contribution in [0.15, 0.2) is 66.2 Å². The van der Waals surface area contributed by atoms with Crippen LogP contribution >= 0.6 is 22.9 Å². The molecule has 1 saturated carbocycles. The highest BCUT2D eigenvalue weighted by atomic mass is 35.5. The second-order valence-electron chi connectivity index (χ2n) is 21.4. The summed E-state index contributed by atoms with van der Waals surface area (Å²) in [5.41, 5.74) is 5.76. The number of carbonyl (C=O) groups is 5. The SMILES string of the molecule is [C-]#[N+]c1ccc(OC2C(C)(C)C(N3Cc4cc(C#CC(C)OCCOCC(=O)N[C@H](C(=O)N5C[C@H](OC(C)=O)C[C@H]5C(=O)N[C@@H](C)c5ccc(-c6scnc6C)cc5)C(C)(C)C)ccc4C3=O)C2(C)C)cc1Cl. The fraction of sp³-hybridized carbons (Fsp3) is 0.482. The number of amides is 4. The van der Waals surface area contributed by atoms with Crippen molar-refractivity contribution in [2.45, 2.75) is 132 Å². The summed E-state index contributed by atoms with van der Waals surface area (Å²) in [6.45, 7) is 28.4. The van der Waals surface area contributed by atoms with Crippen molar-refractivity contribution in [3.63, 3.8) is 0 Å². The number of benzene rings is 3. The average Bonchev–Trinajstić information content (AvgIpc) is 4.04. The summed E-state index contributed by atoms with van der Waals surface area (Å²) in [6, 6.07) is 16.1. The minimum Gasteiger partial charge on any atom is -0.489 e. The van der Waals surface area contributed by atoms with Crippen molar-refractivity contribution in [1.82, 2.24) is 25.4 Å². The summed E-state index contributed by atoms with van der Waals surface area (Å²) in [6.07, 6.45) is -1.29. The molecule has 2 aliphatic heterocycles. The van der Waals surface area contributed by atoms with Crippen LogP contribution in [0.4, 0.5) is 5.69 Å². The van der Waals surface area contributed by atoms with E-state index in [0.717, 1.165) is 32.8 Å². The Morgan fingerprint density at radius 2 is 1.71 bits per heavy atom. The maximum absolute atomic E-state index is 14.4. The minimum absolute atomic E-state index is 0.00896. The van der Waals surface area contributed by atoms with Gasteiger partial charge in [-0.1, -0.05) is 102 Å². The molecule has 2 N–H and O–H groups in total. The first kappa shape index (κ1) is 54.5. The Morgan fingerprint density at radius 1 is 1.00 bits per heavy atom. The van der Waals surface area contributed by atoms with Crippen LogP contribution in [0.25, 0.3) is 15.3 Å². The minimum atomic E-state index is -1.03. The number of halogens is 1. The van der Waals surface area contributed by atoms with Gasteiger partial charge in [-0.15, -0.1) is 11.3 Å². The lowest BCUT2D eigenvalue weighted by atomic mass is 9.49. The van der Waals surface area contributed by atoms with Crippen molar-refractivity contribution < 1.29 is 42.9 Å². The smallest absolute Gasteiger partial charge is 0.302 e. The molecule has 7 rings (SSSR count). The van der Waals surface area contributed by atoms with Crippen LogP contribution in [0.1, 0.15) is 114 Å². The molecule has 1 saturated heterocycles. The Labute approximate surface area is 437 Å². The Morgan fingerprint density at radius 3 is 2.34 bits per heavy atom. The van der Waals surface area contributed by atoms with E-state index in [9.17, 15) is 24.0 Å². The van der Waals surface area contributed by atoms with Crippen LogP contribution < -0.4 is 15.4 Å². The number of aromatic nitrogens is 1. The van der Waals surface area contributed by atoms with Crippen molar-refractivity contribution in [1.29, 1.82) is 0 Å². The summed E-state index contributed by atoms with van der Waals surface area (Å²) in [7, 11) is 0. The molecule has 0 bridgehead atoms. The van der Waals surface area contributed by atoms with Gasteiger partial charge >= 0.3 is 5.97 Å². The lowest BCUT2D eigenvalue weighted by Gasteiger charge is -2.65. The number of thiazole rings is 1. The van der Waals surface area contributed by atoms with E-state index in [2.05, 4.69) is 60.0 Å². The fourth-order valence-corrected chi connectivity index (χ4v) is 11.9. The third kappa shape index (κ3) is 12.1. The van der Waals surface area contributed by atoms with E-state index in [0.29, 0.717) is 28.6 Å². The van der Waals surface area contributed by atoms with E-state index in [1.165, 1.54) is 11.8 Å². The summed E-state index contributed by atoms with van der Waals surface area (Å²) < 4.78 is 23.5. The number of hydrogen-bond acceptors (Lipinski definition) is 11. The van der Waals surface area contributed by atoms with E-state index in [1.54, 1.807) is 35.0 Å². The molecule has 386 valence electrons. The van der Waals surface area contributed by atoms with Crippen LogP contribution in [0.2, 0.25) is 5.02 Å². The first-order valence-corrected chi connectivity index (χ1v) is 25.7. The van der Waals surface area contributed by atoms with Gasteiger partial charge in [-0.25, -0.2) is 9.83 Å². The zero-order valence-corrected chi connectivity index (χ0v) is 45.0. The lowest BCUT2D eigenvalue weighted by molar-refractivity contribution is -0.199. The Hall–Kier alpha value is -6.30. The highest BCUT2D eigenvalue weighted by Gasteiger charge is 2.67. The topological polar surface area (TPSA) is 170 Å². The molecule has 0 spiro atoms. The molecule has 1 aliphatic carbocycles. The van der Waals surface area contributed by atoms with E-state index >= 15 is 0 Å². The van der Waals surface area contributed by atoms with Crippen LogP contribution in [-0.4, -0.2) is 107 Å². The number of nitrogens with one attached hydrogen (secondary N) is 2. The van der Waals surface area contributed by atoms with E-state index in [-0.39, 0.29) is 50.8 Å². The third-order valence-electron chi connectivity index (χ3n) is 13.9. The van der Waals surface area contributed by atoms with Gasteiger partial charge in [0.25, 0.3) is 5.91 Å². The molecule has 4 aromatic rings. The maximum atomic E-state index is 14.4. The van der Waals surface area contributed by atoms with Crippen LogP contribution in [0, 0.1) is 41.6 Å². The van der Waals surface area contributed by atoms with E-state index < -0.39 is 70.3 Å². The summed E-state index contributed by atoms with van der Waals surface area (Å²) in [4.78, 5) is 79.6. The molecule has 17 heteroatoms. The van der Waals surface area contributed by atoms with Gasteiger partial charge in [-0.05, 0) is 73.2 Å². The molecule has 0 radical (unpaired) electrons. The number of likely N-dealkylation sites (tertiary alicyclic amines) is 1. The number of rotatable bonds is 16. The number of aryl methyl sites for hydroxylation is 1. The monoisotopic (exact) mass is 1030 g/mol. The molecule has 3 aliphatic rings. The first-order chi connectivity index (χ1) is 34.4. The van der Waals surface area contributed by atoms with Crippen molar-refractivity contribution in [2.75, 3.05) is 26.4 Å². The third-order valence-corrected chi connectivity index (χ3v) is 15.2. The predicted octanol–water partition coefficient (Wildman–Crippen LogP) is 8.87. The molecule has 1 unspecified atom stereocenters. The predicted molar refractivity (Wildman–Crippen MR) is 279 cm³/mol. The number of ether oxygens (including phenoxy) is 4. The second kappa shape index (κ2) is 22.0. The standard InChI is InChI=1S/C56H65ClN6O9S/c1-32(13-14-36-15-21-42-39(25-36)28-63(50(42)67)52-55(8,9)53(56(52,10)11)72-40-20-22-44(58-12)43(57)26-40)70-24-23-69-30-46(65)61-48(54(5,6)7)51(68)62-29-41(71-35(4)64)27-45(62)49(66)60-33(2)37-16-18-38(19-17-37)47-34(3)59-31-73-47/h15-22,25-26,31-33,41,45,48,52-53H,23-24,27-30H2,1-11H3,(H,60,66)(H,61,65)/t32?,33-,41+,45-,48+,52?,53?/m0/s1. The molecule has 2 fully saturated rings. The molecular weight excluding hydrogens is 968 g/mol. The number of fused-ring (bicyclic) bond motifs is 1. The van der Waals surface area contributed by atoms with Gasteiger partial charge in [0.1, 0.15) is 42.8 Å². The molecule has 73 heavy (non-hydrogen) atoms. The average molecular weight is 1030 g/mol. The van der Waals surface area contributed by atoms with Gasteiger partial charge in [0.05, 0.1) is 53.5 Å². The largest absolute Gasteiger partial charge is 0.489 e. The first-order valence-electron chi connectivity index (χ1n) is 24.5. The van der Waals surface area contributed by atoms with Gasteiger partial charge in [0.2, 0.25) is 23.4 Å². The summed E-state index contributed by atoms with van der Waals surface area (Å²) >= 11 is 7.86. The Balaban J connectivity index is 0.885. The quantitative estimate of drug-likeness (QED) is 0.0479. The van der Waals surface area contributed by atoms with Crippen LogP contribution in [0.5, 0.6) is 5.75 Å². The van der Waals surface area contributed by atoms with E-state index in [4.69, 9.17) is 37.1 Å². The Bertz CT molecular complexity index is 2840. The molecule has 3 aromatic carbocycles. The second-order valence-corrected chi connectivity index (χ2v) is 22.6. The molecule has 1 aromatic heterocycles. The van der Waals surface area contributed by atoms with Gasteiger partial charge < -0.3 is 39.4 Å². The molecule has 3 heterocycles. The molecule has 4 amide bonds. The van der Waals surface area contributed by atoms with Crippen molar-refractivity contribution in [3.05, 3.63) is 111 Å². The zero-order valence-electron chi connectivity index (χ0n) is 43.4. The summed E-state index contributed by atoms with van der Waals surface area (Å²) in [5.74, 6) is 4.90. The fourth-order valence-electron chi connectivity index (χ4n) is 10.8. The molecule has 5 atom stereocenters. The maximum Gasteiger partial charge on any atom is 0.302 e. The lowest BCUT2D eigenvalue weighted by Crippen LogP contribution is -2.74. The van der Waals surface area contributed by atoms with Gasteiger partial charge in [0, 0.05) is 47.9 Å². The van der Waals surface area contributed by atoms with Gasteiger partial charge in [-0.2, -0.15) is 0 Å². The number of hydrogen-bond donors (Lipinski definition) is 2. The van der Waals surface area contributed by atoms with Crippen LogP contribution in [0.3, 0.4) is 0 Å². The number of carbonyl (C=O) groups excluding carboxylic acids is 5. The molecular formula is C56H65ClN6O9S. The van der Waals surface area contributed by atoms with Gasteiger partial charge in [-0.3, -0.25) is 24.0 Å². The van der Waals surface area contributed by atoms with Crippen molar-refractivity contribution in [2.24, 2.45) is 16.2 Å². The van der Waals surface area contributed by atoms with Crippen molar-refractivity contribution in [3.8, 4) is 28.0 Å². The Kier molecular flexibility index (Phi) is 16.4. The zero-order chi connectivity index (χ0) is 53.2. The summed E-state index contributed by atoms with van der Waals surface area (Å²) in [5, 5.41) is 6.21.